The maximum Gasteiger partial charge on any atom is 0.0344 e. The molecule has 3 heteroatoms. The Morgan fingerprint density at radius 3 is 1.08 bits per heavy atom. The van der Waals surface area contributed by atoms with E-state index in [0.29, 0.717) is 0 Å². The molecule has 0 amide bonds. The van der Waals surface area contributed by atoms with Crippen LogP contribution in [0.1, 0.15) is 161 Å². The lowest BCUT2D eigenvalue weighted by molar-refractivity contribution is 0.603. The van der Waals surface area contributed by atoms with Crippen LogP contribution in [0, 0.1) is 6.92 Å². The first-order valence-corrected chi connectivity index (χ1v) is 19.1. The number of hydrogen-bond acceptors (Lipinski definition) is 3. The summed E-state index contributed by atoms with van der Waals surface area (Å²) in [5, 5.41) is 0. The summed E-state index contributed by atoms with van der Waals surface area (Å²) in [5.41, 5.74) is 1.20. The van der Waals surface area contributed by atoms with Gasteiger partial charge in [0.15, 0.2) is 0 Å². The van der Waals surface area contributed by atoms with Crippen molar-refractivity contribution in [2.24, 2.45) is 0 Å². The van der Waals surface area contributed by atoms with E-state index < -0.39 is 0 Å². The molecule has 37 heavy (non-hydrogen) atoms. The second-order valence-corrected chi connectivity index (χ2v) is 14.2. The van der Waals surface area contributed by atoms with Gasteiger partial charge in [0.1, 0.15) is 0 Å². The molecule has 0 aliphatic carbocycles. The monoisotopic (exact) mass is 565 g/mol. The molecular formula is C34H61S3. The zero-order valence-electron chi connectivity index (χ0n) is 25.1. The summed E-state index contributed by atoms with van der Waals surface area (Å²) in [6.07, 6.45) is 29.3. The van der Waals surface area contributed by atoms with Gasteiger partial charge in [0.2, 0.25) is 0 Å². The van der Waals surface area contributed by atoms with Crippen molar-refractivity contribution in [1.29, 1.82) is 0 Å². The van der Waals surface area contributed by atoms with E-state index in [-0.39, 0.29) is 0 Å². The predicted molar refractivity (Wildman–Crippen MR) is 177 cm³/mol. The molecule has 0 saturated heterocycles. The minimum atomic E-state index is 1.20. The molecule has 0 N–H and O–H groups in total. The standard InChI is InChI=1S/C34H61S3/c1-5-8-11-14-17-20-23-26-35-32-29-31(4)30-33(36-27-24-21-18-15-12-9-6-2)34(32)37-28-25-22-19-16-13-10-7-3/h29-30H,4-28H2,1-3H3. The van der Waals surface area contributed by atoms with Crippen LogP contribution in [0.4, 0.5) is 0 Å². The van der Waals surface area contributed by atoms with Crippen molar-refractivity contribution >= 4 is 35.3 Å². The van der Waals surface area contributed by atoms with Crippen molar-refractivity contribution < 1.29 is 0 Å². The topological polar surface area (TPSA) is 0 Å². The van der Waals surface area contributed by atoms with Crippen LogP contribution in [-0.2, 0) is 0 Å². The van der Waals surface area contributed by atoms with Crippen LogP contribution < -0.4 is 0 Å². The van der Waals surface area contributed by atoms with Crippen molar-refractivity contribution in [3.63, 3.8) is 0 Å². The molecule has 0 unspecified atom stereocenters. The third-order valence-corrected chi connectivity index (χ3v) is 10.8. The van der Waals surface area contributed by atoms with Crippen LogP contribution in [0.5, 0.6) is 0 Å². The van der Waals surface area contributed by atoms with Gasteiger partial charge < -0.3 is 0 Å². The lowest BCUT2D eigenvalue weighted by Gasteiger charge is -2.16. The Balaban J connectivity index is 2.57. The molecule has 0 saturated carbocycles. The minimum absolute atomic E-state index is 1.20. The van der Waals surface area contributed by atoms with Gasteiger partial charge in [-0.1, -0.05) is 136 Å². The summed E-state index contributed by atoms with van der Waals surface area (Å²) in [5.74, 6) is 3.77. The highest BCUT2D eigenvalue weighted by Crippen LogP contribution is 2.41. The molecule has 0 aliphatic heterocycles. The van der Waals surface area contributed by atoms with E-state index in [1.54, 1.807) is 4.90 Å². The number of rotatable bonds is 27. The van der Waals surface area contributed by atoms with Gasteiger partial charge >= 0.3 is 0 Å². The Kier molecular flexibility index (Phi) is 25.3. The quantitative estimate of drug-likeness (QED) is 0.0769. The highest BCUT2D eigenvalue weighted by molar-refractivity contribution is 8.03. The Morgan fingerprint density at radius 1 is 0.432 bits per heavy atom. The van der Waals surface area contributed by atoms with E-state index in [4.69, 9.17) is 0 Å². The highest BCUT2D eigenvalue weighted by Gasteiger charge is 2.12. The molecule has 0 spiro atoms. The molecule has 0 heterocycles. The summed E-state index contributed by atoms with van der Waals surface area (Å²) < 4.78 is 0. The van der Waals surface area contributed by atoms with E-state index in [9.17, 15) is 0 Å². The fourth-order valence-corrected chi connectivity index (χ4v) is 8.52. The van der Waals surface area contributed by atoms with Crippen LogP contribution in [0.15, 0.2) is 26.8 Å². The van der Waals surface area contributed by atoms with Crippen LogP contribution in [0.25, 0.3) is 0 Å². The van der Waals surface area contributed by atoms with Crippen molar-refractivity contribution in [3.05, 3.63) is 24.6 Å². The molecule has 0 fully saturated rings. The maximum atomic E-state index is 4.36. The van der Waals surface area contributed by atoms with E-state index in [2.05, 4.69) is 75.1 Å². The third-order valence-electron chi connectivity index (χ3n) is 7.09. The van der Waals surface area contributed by atoms with Crippen molar-refractivity contribution in [3.8, 4) is 0 Å². The van der Waals surface area contributed by atoms with Gasteiger partial charge in [-0.2, -0.15) is 0 Å². The van der Waals surface area contributed by atoms with Gasteiger partial charge in [-0.05, 0) is 61.1 Å². The molecule has 1 rings (SSSR count). The highest BCUT2D eigenvalue weighted by atomic mass is 32.2. The lowest BCUT2D eigenvalue weighted by Crippen LogP contribution is -1.92. The Morgan fingerprint density at radius 2 is 0.730 bits per heavy atom. The molecule has 1 aromatic rings. The largest absolute Gasteiger partial charge is 0.125 e. The Hall–Kier alpha value is 0.270. The Bertz CT molecular complexity index is 586. The summed E-state index contributed by atoms with van der Waals surface area (Å²) in [6.45, 7) is 11.3. The Labute approximate surface area is 246 Å². The first-order chi connectivity index (χ1) is 18.2. The van der Waals surface area contributed by atoms with Gasteiger partial charge in [0, 0.05) is 14.7 Å². The summed E-state index contributed by atoms with van der Waals surface area (Å²) >= 11 is 6.34. The number of unbranched alkanes of at least 4 members (excludes halogenated alkanes) is 18. The van der Waals surface area contributed by atoms with Gasteiger partial charge in [-0.25, -0.2) is 0 Å². The molecule has 0 aliphatic rings. The third kappa shape index (κ3) is 19.9. The van der Waals surface area contributed by atoms with Crippen molar-refractivity contribution in [2.45, 2.75) is 170 Å². The molecule has 1 radical (unpaired) electrons. The zero-order chi connectivity index (χ0) is 26.8. The molecule has 0 bridgehead atoms. The maximum absolute atomic E-state index is 4.36. The van der Waals surface area contributed by atoms with Crippen LogP contribution in [0.3, 0.4) is 0 Å². The summed E-state index contributed by atoms with van der Waals surface area (Å²) in [6, 6.07) is 4.74. The van der Waals surface area contributed by atoms with E-state index in [1.165, 1.54) is 167 Å². The fraction of sp³-hybridized carbons (Fsp3) is 0.794. The van der Waals surface area contributed by atoms with E-state index in [1.807, 2.05) is 0 Å². The van der Waals surface area contributed by atoms with E-state index in [0.717, 1.165) is 0 Å². The second-order valence-electron chi connectivity index (χ2n) is 10.8. The van der Waals surface area contributed by atoms with Gasteiger partial charge in [-0.3, -0.25) is 0 Å². The average Bonchev–Trinajstić information content (AvgIpc) is 2.89. The predicted octanol–water partition coefficient (Wildman–Crippen LogP) is 13.4. The SMILES string of the molecule is [CH2]c1cc(SCCCCCCCCC)c(SCCCCCCCCC)c(SCCCCCCCCC)c1. The van der Waals surface area contributed by atoms with Crippen LogP contribution in [-0.4, -0.2) is 17.3 Å². The average molecular weight is 566 g/mol. The van der Waals surface area contributed by atoms with Gasteiger partial charge in [0.05, 0.1) is 0 Å². The molecule has 215 valence electrons. The number of thioether (sulfide) groups is 3. The zero-order valence-corrected chi connectivity index (χ0v) is 27.5. The summed E-state index contributed by atoms with van der Waals surface area (Å²) in [4.78, 5) is 4.58. The van der Waals surface area contributed by atoms with Gasteiger partial charge in [-0.15, -0.1) is 35.3 Å². The minimum Gasteiger partial charge on any atom is -0.125 e. The lowest BCUT2D eigenvalue weighted by atomic mass is 10.1. The molecule has 0 nitrogen and oxygen atoms in total. The summed E-state index contributed by atoms with van der Waals surface area (Å²) in [7, 11) is 0. The first-order valence-electron chi connectivity index (χ1n) is 16.1. The fourth-order valence-electron chi connectivity index (χ4n) is 4.70. The molecule has 1 aromatic carbocycles. The van der Waals surface area contributed by atoms with Crippen LogP contribution >= 0.6 is 35.3 Å². The molecule has 0 aromatic heterocycles. The number of hydrogen-bond donors (Lipinski definition) is 0. The van der Waals surface area contributed by atoms with Crippen LogP contribution in [0.2, 0.25) is 0 Å². The first kappa shape index (κ1) is 35.3. The van der Waals surface area contributed by atoms with E-state index >= 15 is 0 Å². The van der Waals surface area contributed by atoms with Crippen molar-refractivity contribution in [1.82, 2.24) is 0 Å². The number of benzene rings is 1. The second kappa shape index (κ2) is 26.5. The normalized spacial score (nSPS) is 11.5. The smallest absolute Gasteiger partial charge is 0.0344 e. The molecular weight excluding hydrogens is 505 g/mol. The van der Waals surface area contributed by atoms with Gasteiger partial charge in [0.25, 0.3) is 0 Å². The molecule has 0 atom stereocenters. The van der Waals surface area contributed by atoms with Crippen molar-refractivity contribution in [2.75, 3.05) is 17.3 Å².